The van der Waals surface area contributed by atoms with Gasteiger partial charge in [-0.05, 0) is 47.2 Å². The molecule has 2 heterocycles. The average molecular weight is 588 g/mol. The zero-order valence-electron chi connectivity index (χ0n) is 20.3. The van der Waals surface area contributed by atoms with E-state index in [-0.39, 0.29) is 40.4 Å². The van der Waals surface area contributed by atoms with Gasteiger partial charge in [0.2, 0.25) is 5.91 Å². The molecule has 0 bridgehead atoms. The fraction of sp³-hybridized carbons (Fsp3) is 0.185. The molecule has 0 radical (unpaired) electrons. The summed E-state index contributed by atoms with van der Waals surface area (Å²) in [7, 11) is 0. The Labute approximate surface area is 237 Å². The fourth-order valence-corrected chi connectivity index (χ4v) is 5.47. The number of amides is 3. The van der Waals surface area contributed by atoms with Gasteiger partial charge in [0.1, 0.15) is 11.8 Å². The highest BCUT2D eigenvalue weighted by Gasteiger charge is 2.29. The number of nitrogens with one attached hydrogen (secondary N) is 2. The number of hydrogen-bond acceptors (Lipinski definition) is 6. The number of phenolic OH excluding ortho intramolecular Hbond substituents is 1. The van der Waals surface area contributed by atoms with Crippen LogP contribution in [0.1, 0.15) is 36.7 Å². The Hall–Kier alpha value is -3.86. The third kappa shape index (κ3) is 6.59. The minimum Gasteiger partial charge on any atom is -0.507 e. The molecule has 0 aliphatic carbocycles. The van der Waals surface area contributed by atoms with Crippen molar-refractivity contribution < 1.29 is 29.4 Å². The van der Waals surface area contributed by atoms with Crippen LogP contribution >= 0.6 is 34.5 Å². The Morgan fingerprint density at radius 1 is 1.10 bits per heavy atom. The number of carbonyl (C=O) groups is 4. The highest BCUT2D eigenvalue weighted by atomic mass is 35.5. The van der Waals surface area contributed by atoms with Crippen molar-refractivity contribution in [3.63, 3.8) is 0 Å². The van der Waals surface area contributed by atoms with Crippen LogP contribution in [0.3, 0.4) is 0 Å². The number of aliphatic carboxylic acids is 1. The quantitative estimate of drug-likeness (QED) is 0.294. The molecule has 1 aliphatic heterocycles. The van der Waals surface area contributed by atoms with Crippen LogP contribution < -0.4 is 10.6 Å². The number of carboxylic acid groups (broad SMARTS) is 1. The number of phenols is 1. The summed E-state index contributed by atoms with van der Waals surface area (Å²) in [6.45, 7) is 0.183. The molecule has 0 spiro atoms. The van der Waals surface area contributed by atoms with Gasteiger partial charge in [-0.3, -0.25) is 14.4 Å². The number of carboxylic acids is 1. The molecule has 1 aliphatic rings. The summed E-state index contributed by atoms with van der Waals surface area (Å²) < 4.78 is 0. The normalized spacial score (nSPS) is 13.5. The summed E-state index contributed by atoms with van der Waals surface area (Å²) in [6, 6.07) is 10.1. The van der Waals surface area contributed by atoms with Crippen LogP contribution in [0.15, 0.2) is 53.9 Å². The monoisotopic (exact) mass is 587 g/mol. The number of aromatic hydroxyl groups is 1. The molecule has 39 heavy (non-hydrogen) atoms. The maximum absolute atomic E-state index is 13.0. The van der Waals surface area contributed by atoms with Gasteiger partial charge < -0.3 is 25.7 Å². The van der Waals surface area contributed by atoms with Gasteiger partial charge in [-0.15, -0.1) is 11.3 Å². The van der Waals surface area contributed by atoms with Crippen LogP contribution in [-0.4, -0.2) is 57.9 Å². The van der Waals surface area contributed by atoms with Gasteiger partial charge in [0.15, 0.2) is 0 Å². The SMILES string of the molecule is O=C(NC[C@H](NC(=O)c1c(Cl)cc2c(c1Cl)CCN(C(=O)/C=C/c1ccccc1O)C2)C(=O)O)c1cccs1. The maximum atomic E-state index is 13.0. The molecule has 4 rings (SSSR count). The summed E-state index contributed by atoms with van der Waals surface area (Å²) in [5.41, 5.74) is 1.73. The number of benzene rings is 2. The summed E-state index contributed by atoms with van der Waals surface area (Å²) in [5.74, 6) is -2.80. The molecule has 202 valence electrons. The summed E-state index contributed by atoms with van der Waals surface area (Å²) in [4.78, 5) is 51.7. The van der Waals surface area contributed by atoms with Crippen molar-refractivity contribution in [2.45, 2.75) is 19.0 Å². The third-order valence-electron chi connectivity index (χ3n) is 6.10. The molecule has 1 aromatic heterocycles. The predicted molar refractivity (Wildman–Crippen MR) is 148 cm³/mol. The van der Waals surface area contributed by atoms with Crippen LogP contribution in [-0.2, 0) is 22.6 Å². The van der Waals surface area contributed by atoms with E-state index in [0.29, 0.717) is 34.5 Å². The first-order valence-corrected chi connectivity index (χ1v) is 13.4. The van der Waals surface area contributed by atoms with Gasteiger partial charge in [0, 0.05) is 31.3 Å². The van der Waals surface area contributed by atoms with Crippen LogP contribution in [0.5, 0.6) is 5.75 Å². The number of carbonyl (C=O) groups excluding carboxylic acids is 3. The molecule has 0 saturated heterocycles. The number of para-hydroxylation sites is 1. The van der Waals surface area contributed by atoms with Crippen LogP contribution in [0.2, 0.25) is 10.0 Å². The molecule has 9 nitrogen and oxygen atoms in total. The van der Waals surface area contributed by atoms with Crippen molar-refractivity contribution in [2.24, 2.45) is 0 Å². The van der Waals surface area contributed by atoms with Crippen molar-refractivity contribution >= 4 is 64.3 Å². The molecule has 1 atom stereocenters. The van der Waals surface area contributed by atoms with Crippen molar-refractivity contribution in [3.05, 3.63) is 91.1 Å². The molecular weight excluding hydrogens is 565 g/mol. The van der Waals surface area contributed by atoms with E-state index in [1.807, 2.05) is 0 Å². The number of hydrogen-bond donors (Lipinski definition) is 4. The van der Waals surface area contributed by atoms with Crippen molar-refractivity contribution in [2.75, 3.05) is 13.1 Å². The van der Waals surface area contributed by atoms with Gasteiger partial charge in [0.25, 0.3) is 11.8 Å². The van der Waals surface area contributed by atoms with E-state index >= 15 is 0 Å². The first kappa shape index (κ1) is 28.2. The van der Waals surface area contributed by atoms with Crippen LogP contribution in [0, 0.1) is 0 Å². The lowest BCUT2D eigenvalue weighted by atomic mass is 9.96. The maximum Gasteiger partial charge on any atom is 0.328 e. The van der Waals surface area contributed by atoms with E-state index in [1.165, 1.54) is 35.6 Å². The third-order valence-corrected chi connectivity index (χ3v) is 7.68. The summed E-state index contributed by atoms with van der Waals surface area (Å²) >= 11 is 14.2. The Kier molecular flexibility index (Phi) is 8.90. The Morgan fingerprint density at radius 3 is 2.56 bits per heavy atom. The lowest BCUT2D eigenvalue weighted by Crippen LogP contribution is -2.48. The lowest BCUT2D eigenvalue weighted by molar-refractivity contribution is -0.139. The highest BCUT2D eigenvalue weighted by Crippen LogP contribution is 2.34. The van der Waals surface area contributed by atoms with E-state index in [0.717, 1.165) is 0 Å². The number of nitrogens with zero attached hydrogens (tertiary/aromatic N) is 1. The van der Waals surface area contributed by atoms with E-state index < -0.39 is 23.8 Å². The largest absolute Gasteiger partial charge is 0.507 e. The first-order chi connectivity index (χ1) is 18.7. The van der Waals surface area contributed by atoms with E-state index in [9.17, 15) is 29.4 Å². The lowest BCUT2D eigenvalue weighted by Gasteiger charge is -2.29. The first-order valence-electron chi connectivity index (χ1n) is 11.8. The number of fused-ring (bicyclic) bond motifs is 1. The zero-order chi connectivity index (χ0) is 28.1. The molecule has 2 aromatic carbocycles. The van der Waals surface area contributed by atoms with Gasteiger partial charge >= 0.3 is 5.97 Å². The van der Waals surface area contributed by atoms with Gasteiger partial charge in [0.05, 0.1) is 20.5 Å². The van der Waals surface area contributed by atoms with Crippen LogP contribution in [0.25, 0.3) is 6.08 Å². The highest BCUT2D eigenvalue weighted by molar-refractivity contribution is 7.12. The van der Waals surface area contributed by atoms with Gasteiger partial charge in [-0.25, -0.2) is 4.79 Å². The molecule has 0 unspecified atom stereocenters. The van der Waals surface area contributed by atoms with Crippen molar-refractivity contribution in [1.29, 1.82) is 0 Å². The Balaban J connectivity index is 1.45. The second kappa shape index (κ2) is 12.3. The fourth-order valence-electron chi connectivity index (χ4n) is 4.06. The molecular formula is C27H23Cl2N3O6S. The van der Waals surface area contributed by atoms with Crippen molar-refractivity contribution in [3.8, 4) is 5.75 Å². The number of thiophene rings is 1. The summed E-state index contributed by atoms with van der Waals surface area (Å²) in [5, 5.41) is 26.1. The Morgan fingerprint density at radius 2 is 1.87 bits per heavy atom. The molecule has 3 aromatic rings. The van der Waals surface area contributed by atoms with E-state index in [2.05, 4.69) is 10.6 Å². The smallest absolute Gasteiger partial charge is 0.328 e. The van der Waals surface area contributed by atoms with Crippen molar-refractivity contribution in [1.82, 2.24) is 15.5 Å². The molecule has 3 amide bonds. The number of halogens is 2. The van der Waals surface area contributed by atoms with E-state index in [4.69, 9.17) is 23.2 Å². The zero-order valence-corrected chi connectivity index (χ0v) is 22.6. The second-order valence-electron chi connectivity index (χ2n) is 8.64. The molecule has 12 heteroatoms. The minimum absolute atomic E-state index is 0.00191. The molecule has 4 N–H and O–H groups in total. The molecule has 0 saturated carbocycles. The second-order valence-corrected chi connectivity index (χ2v) is 10.4. The minimum atomic E-state index is -1.42. The van der Waals surface area contributed by atoms with Crippen LogP contribution in [0.4, 0.5) is 0 Å². The summed E-state index contributed by atoms with van der Waals surface area (Å²) in [6.07, 6.45) is 3.25. The van der Waals surface area contributed by atoms with E-state index in [1.54, 1.807) is 40.6 Å². The topological polar surface area (TPSA) is 136 Å². The number of rotatable bonds is 8. The Bertz CT molecular complexity index is 1460. The predicted octanol–water partition coefficient (Wildman–Crippen LogP) is 3.97. The average Bonchev–Trinajstić information content (AvgIpc) is 3.45. The molecule has 0 fully saturated rings. The van der Waals surface area contributed by atoms with Gasteiger partial charge in [-0.2, -0.15) is 0 Å². The standard InChI is InChI=1S/C27H23Cl2N3O6S/c28-18-12-16-14-32(22(34)8-7-15-4-1-2-5-20(15)33)10-9-17(16)24(29)23(18)26(36)31-19(27(37)38)13-30-25(35)21-6-3-11-39-21/h1-8,11-12,19,33H,9-10,13-14H2,(H,30,35)(H,31,36)(H,37,38)/b8-7+/t19-/m0/s1. The van der Waals surface area contributed by atoms with Gasteiger partial charge in [-0.1, -0.05) is 47.5 Å².